The minimum Gasteiger partial charge on any atom is -0.356 e. The Kier molecular flexibility index (Phi) is 4.19. The Labute approximate surface area is 146 Å². The predicted octanol–water partition coefficient (Wildman–Crippen LogP) is 4.55. The summed E-state index contributed by atoms with van der Waals surface area (Å²) in [6.45, 7) is 6.70. The molecule has 0 saturated carbocycles. The summed E-state index contributed by atoms with van der Waals surface area (Å²) in [6.07, 6.45) is 7.14. The third kappa shape index (κ3) is 2.88. The molecule has 1 saturated heterocycles. The van der Waals surface area contributed by atoms with E-state index in [0.29, 0.717) is 0 Å². The zero-order valence-electron chi connectivity index (χ0n) is 14.2. The molecule has 0 N–H and O–H groups in total. The molecular weight excluding hydrogens is 316 g/mol. The summed E-state index contributed by atoms with van der Waals surface area (Å²) in [5.41, 5.74) is 0.984. The lowest BCUT2D eigenvalue weighted by atomic mass is 9.99. The highest BCUT2D eigenvalue weighted by molar-refractivity contribution is 7.18. The van der Waals surface area contributed by atoms with Crippen LogP contribution in [0.25, 0.3) is 21.6 Å². The van der Waals surface area contributed by atoms with E-state index in [1.807, 2.05) is 18.3 Å². The van der Waals surface area contributed by atoms with Gasteiger partial charge in [-0.15, -0.1) is 11.3 Å². The van der Waals surface area contributed by atoms with Crippen molar-refractivity contribution in [3.05, 3.63) is 35.5 Å². The fraction of sp³-hybridized carbons (Fsp3) is 0.421. The number of thiophene rings is 1. The summed E-state index contributed by atoms with van der Waals surface area (Å²) >= 11 is 1.79. The number of pyridine rings is 1. The molecule has 0 radical (unpaired) electrons. The van der Waals surface area contributed by atoms with Gasteiger partial charge in [-0.05, 0) is 43.4 Å². The number of aryl methyl sites for hydroxylation is 1. The van der Waals surface area contributed by atoms with Crippen LogP contribution in [0.15, 0.2) is 30.6 Å². The highest BCUT2D eigenvalue weighted by Gasteiger charge is 2.21. The van der Waals surface area contributed by atoms with Crippen LogP contribution in [0.2, 0.25) is 0 Å². The number of hydrogen-bond acceptors (Lipinski definition) is 5. The lowest BCUT2D eigenvalue weighted by Gasteiger charge is -2.31. The van der Waals surface area contributed by atoms with Gasteiger partial charge in [-0.3, -0.25) is 4.98 Å². The number of anilines is 1. The Morgan fingerprint density at radius 2 is 2.08 bits per heavy atom. The van der Waals surface area contributed by atoms with Gasteiger partial charge in [0.05, 0.1) is 5.39 Å². The third-order valence-electron chi connectivity index (χ3n) is 4.78. The molecule has 1 aliphatic rings. The molecule has 1 fully saturated rings. The molecule has 5 heteroatoms. The molecule has 24 heavy (non-hydrogen) atoms. The Bertz CT molecular complexity index is 835. The van der Waals surface area contributed by atoms with E-state index in [1.54, 1.807) is 17.5 Å². The molecule has 1 aliphatic heterocycles. The van der Waals surface area contributed by atoms with E-state index in [-0.39, 0.29) is 0 Å². The molecule has 3 aromatic heterocycles. The van der Waals surface area contributed by atoms with Crippen molar-refractivity contribution in [2.75, 3.05) is 18.0 Å². The minimum absolute atomic E-state index is 0.786. The fourth-order valence-corrected chi connectivity index (χ4v) is 4.18. The molecular formula is C19H22N4S. The number of fused-ring (bicyclic) bond motifs is 1. The minimum atomic E-state index is 0.786. The van der Waals surface area contributed by atoms with Gasteiger partial charge in [-0.1, -0.05) is 13.8 Å². The Hall–Kier alpha value is -2.01. The number of rotatable bonds is 3. The molecule has 124 valence electrons. The van der Waals surface area contributed by atoms with Gasteiger partial charge in [-0.25, -0.2) is 9.97 Å². The molecule has 4 rings (SSSR count). The average molecular weight is 338 g/mol. The van der Waals surface area contributed by atoms with Crippen molar-refractivity contribution in [2.24, 2.45) is 5.92 Å². The van der Waals surface area contributed by atoms with Crippen LogP contribution in [-0.2, 0) is 6.42 Å². The van der Waals surface area contributed by atoms with E-state index in [9.17, 15) is 0 Å². The molecule has 0 atom stereocenters. The monoisotopic (exact) mass is 338 g/mol. The largest absolute Gasteiger partial charge is 0.356 e. The Morgan fingerprint density at radius 3 is 2.79 bits per heavy atom. The maximum atomic E-state index is 4.95. The van der Waals surface area contributed by atoms with Crippen LogP contribution in [-0.4, -0.2) is 28.0 Å². The van der Waals surface area contributed by atoms with Gasteiger partial charge in [0.1, 0.15) is 10.6 Å². The SMILES string of the molecule is CCc1cc2c(N3CCC(C)CC3)nc(-c3cccnc3)nc2s1. The Morgan fingerprint density at radius 1 is 1.25 bits per heavy atom. The smallest absolute Gasteiger partial charge is 0.164 e. The first-order chi connectivity index (χ1) is 11.7. The van der Waals surface area contributed by atoms with Gasteiger partial charge >= 0.3 is 0 Å². The molecule has 0 amide bonds. The summed E-state index contributed by atoms with van der Waals surface area (Å²) in [4.78, 5) is 18.9. The van der Waals surface area contributed by atoms with Crippen molar-refractivity contribution in [1.82, 2.24) is 15.0 Å². The quantitative estimate of drug-likeness (QED) is 0.702. The van der Waals surface area contributed by atoms with Crippen LogP contribution in [0, 0.1) is 5.92 Å². The van der Waals surface area contributed by atoms with Crippen molar-refractivity contribution in [3.8, 4) is 11.4 Å². The predicted molar refractivity (Wildman–Crippen MR) is 101 cm³/mol. The second-order valence-electron chi connectivity index (χ2n) is 6.57. The third-order valence-corrected chi connectivity index (χ3v) is 5.95. The lowest BCUT2D eigenvalue weighted by molar-refractivity contribution is 0.437. The molecule has 3 aromatic rings. The van der Waals surface area contributed by atoms with Crippen LogP contribution in [0.4, 0.5) is 5.82 Å². The zero-order chi connectivity index (χ0) is 16.5. The standard InChI is InChI=1S/C19H22N4S/c1-3-15-11-16-18(23-9-6-13(2)7-10-23)21-17(22-19(16)24-15)14-5-4-8-20-12-14/h4-5,8,11-13H,3,6-7,9-10H2,1-2H3. The molecule has 0 aliphatic carbocycles. The maximum absolute atomic E-state index is 4.95. The van der Waals surface area contributed by atoms with Crippen molar-refractivity contribution < 1.29 is 0 Å². The van der Waals surface area contributed by atoms with Gasteiger partial charge in [0.25, 0.3) is 0 Å². The van der Waals surface area contributed by atoms with Crippen LogP contribution in [0.1, 0.15) is 31.6 Å². The fourth-order valence-electron chi connectivity index (χ4n) is 3.22. The second-order valence-corrected chi connectivity index (χ2v) is 7.68. The zero-order valence-corrected chi connectivity index (χ0v) is 15.0. The molecule has 0 unspecified atom stereocenters. The highest BCUT2D eigenvalue weighted by atomic mass is 32.1. The maximum Gasteiger partial charge on any atom is 0.164 e. The van der Waals surface area contributed by atoms with Crippen LogP contribution in [0.3, 0.4) is 0 Å². The highest BCUT2D eigenvalue weighted by Crippen LogP contribution is 2.34. The molecule has 4 nitrogen and oxygen atoms in total. The first-order valence-electron chi connectivity index (χ1n) is 8.70. The van der Waals surface area contributed by atoms with Crippen LogP contribution < -0.4 is 4.90 Å². The molecule has 0 spiro atoms. The topological polar surface area (TPSA) is 41.9 Å². The van der Waals surface area contributed by atoms with E-state index >= 15 is 0 Å². The number of aromatic nitrogens is 3. The summed E-state index contributed by atoms with van der Waals surface area (Å²) in [5, 5.41) is 1.21. The number of nitrogens with zero attached hydrogens (tertiary/aromatic N) is 4. The van der Waals surface area contributed by atoms with E-state index in [2.05, 4.69) is 29.8 Å². The van der Waals surface area contributed by atoms with E-state index in [0.717, 1.165) is 47.5 Å². The summed E-state index contributed by atoms with van der Waals surface area (Å²) in [7, 11) is 0. The van der Waals surface area contributed by atoms with Crippen LogP contribution in [0.5, 0.6) is 0 Å². The van der Waals surface area contributed by atoms with Crippen LogP contribution >= 0.6 is 11.3 Å². The van der Waals surface area contributed by atoms with E-state index in [4.69, 9.17) is 9.97 Å². The normalized spacial score (nSPS) is 16.0. The van der Waals surface area contributed by atoms with Gasteiger partial charge in [0.2, 0.25) is 0 Å². The van der Waals surface area contributed by atoms with Gasteiger partial charge in [0, 0.05) is 35.9 Å². The average Bonchev–Trinajstić information content (AvgIpc) is 3.05. The first-order valence-corrected chi connectivity index (χ1v) is 9.52. The van der Waals surface area contributed by atoms with Gasteiger partial charge in [0.15, 0.2) is 5.82 Å². The van der Waals surface area contributed by atoms with Gasteiger partial charge < -0.3 is 4.90 Å². The van der Waals surface area contributed by atoms with Gasteiger partial charge in [-0.2, -0.15) is 0 Å². The van der Waals surface area contributed by atoms with E-state index < -0.39 is 0 Å². The van der Waals surface area contributed by atoms with Crippen molar-refractivity contribution in [3.63, 3.8) is 0 Å². The summed E-state index contributed by atoms with van der Waals surface area (Å²) < 4.78 is 0. The Balaban J connectivity index is 1.84. The molecule has 0 bridgehead atoms. The van der Waals surface area contributed by atoms with E-state index in [1.165, 1.54) is 23.1 Å². The lowest BCUT2D eigenvalue weighted by Crippen LogP contribution is -2.33. The van der Waals surface area contributed by atoms with Crippen molar-refractivity contribution >= 4 is 27.4 Å². The molecule has 4 heterocycles. The summed E-state index contributed by atoms with van der Waals surface area (Å²) in [5.74, 6) is 2.69. The first kappa shape index (κ1) is 15.5. The van der Waals surface area contributed by atoms with Crippen molar-refractivity contribution in [1.29, 1.82) is 0 Å². The summed E-state index contributed by atoms with van der Waals surface area (Å²) in [6, 6.07) is 6.25. The second kappa shape index (κ2) is 6.48. The number of piperidine rings is 1. The molecule has 0 aromatic carbocycles. The van der Waals surface area contributed by atoms with Crippen molar-refractivity contribution in [2.45, 2.75) is 33.1 Å². The number of hydrogen-bond donors (Lipinski definition) is 0.